The van der Waals surface area contributed by atoms with Gasteiger partial charge < -0.3 is 10.6 Å². The highest BCUT2D eigenvalue weighted by molar-refractivity contribution is 5.92. The maximum atomic E-state index is 11.1. The minimum absolute atomic E-state index is 0.352. The molecule has 0 aliphatic carbocycles. The molecule has 0 atom stereocenters. The fourth-order valence-corrected chi connectivity index (χ4v) is 4.06. The third-order valence-corrected chi connectivity index (χ3v) is 5.93. The number of benzene rings is 1. The third-order valence-electron chi connectivity index (χ3n) is 5.93. The van der Waals surface area contributed by atoms with Gasteiger partial charge in [-0.2, -0.15) is 0 Å². The monoisotopic (exact) mass is 315 g/mol. The standard InChI is InChI=1S/C19H29N3O/c1-2-21-11-7-19(8-12-21)9-13-22(14-10-19)15-16-3-5-17(6-4-16)18(20)23/h3-6H,2,7-15H2,1H3,(H2,20,23). The first-order valence-corrected chi connectivity index (χ1v) is 8.94. The van der Waals surface area contributed by atoms with Crippen molar-refractivity contribution >= 4 is 5.91 Å². The number of hydrogen-bond acceptors (Lipinski definition) is 3. The molecule has 4 heteroatoms. The molecule has 2 N–H and O–H groups in total. The average Bonchev–Trinajstić information content (AvgIpc) is 2.58. The molecule has 2 heterocycles. The van der Waals surface area contributed by atoms with Crippen LogP contribution in [0.25, 0.3) is 0 Å². The summed E-state index contributed by atoms with van der Waals surface area (Å²) < 4.78 is 0. The van der Waals surface area contributed by atoms with E-state index in [-0.39, 0.29) is 5.91 Å². The van der Waals surface area contributed by atoms with Gasteiger partial charge >= 0.3 is 0 Å². The molecule has 2 fully saturated rings. The number of nitrogens with zero attached hydrogens (tertiary/aromatic N) is 2. The average molecular weight is 315 g/mol. The molecule has 2 aliphatic heterocycles. The summed E-state index contributed by atoms with van der Waals surface area (Å²) in [6.45, 7) is 9.41. The summed E-state index contributed by atoms with van der Waals surface area (Å²) in [6.07, 6.45) is 5.43. The SMILES string of the molecule is CCN1CCC2(CC1)CCN(Cc1ccc(C(N)=O)cc1)CC2. The van der Waals surface area contributed by atoms with Crippen LogP contribution in [0.1, 0.15) is 48.5 Å². The van der Waals surface area contributed by atoms with Crippen LogP contribution in [0.15, 0.2) is 24.3 Å². The van der Waals surface area contributed by atoms with E-state index >= 15 is 0 Å². The lowest BCUT2D eigenvalue weighted by atomic mass is 9.71. The number of hydrogen-bond donors (Lipinski definition) is 1. The Morgan fingerprint density at radius 2 is 1.52 bits per heavy atom. The van der Waals surface area contributed by atoms with Crippen molar-refractivity contribution in [3.05, 3.63) is 35.4 Å². The smallest absolute Gasteiger partial charge is 0.248 e. The van der Waals surface area contributed by atoms with E-state index in [0.717, 1.165) is 6.54 Å². The molecule has 2 aliphatic rings. The molecule has 0 aromatic heterocycles. The van der Waals surface area contributed by atoms with Crippen molar-refractivity contribution in [1.29, 1.82) is 0 Å². The van der Waals surface area contributed by atoms with Crippen molar-refractivity contribution in [1.82, 2.24) is 9.80 Å². The first-order chi connectivity index (χ1) is 11.1. The minimum Gasteiger partial charge on any atom is -0.366 e. The molecule has 23 heavy (non-hydrogen) atoms. The molecular weight excluding hydrogens is 286 g/mol. The summed E-state index contributed by atoms with van der Waals surface area (Å²) in [4.78, 5) is 16.3. The zero-order chi connectivity index (χ0) is 16.3. The normalized spacial score (nSPS) is 22.3. The molecule has 126 valence electrons. The predicted molar refractivity (Wildman–Crippen MR) is 93.3 cm³/mol. The largest absolute Gasteiger partial charge is 0.366 e. The maximum Gasteiger partial charge on any atom is 0.248 e. The number of amides is 1. The highest BCUT2D eigenvalue weighted by atomic mass is 16.1. The van der Waals surface area contributed by atoms with Crippen LogP contribution in [-0.2, 0) is 6.54 Å². The van der Waals surface area contributed by atoms with E-state index in [4.69, 9.17) is 5.73 Å². The van der Waals surface area contributed by atoms with Crippen LogP contribution in [0.2, 0.25) is 0 Å². The van der Waals surface area contributed by atoms with Gasteiger partial charge in [-0.25, -0.2) is 0 Å². The van der Waals surface area contributed by atoms with Crippen molar-refractivity contribution in [3.63, 3.8) is 0 Å². The second-order valence-corrected chi connectivity index (χ2v) is 7.27. The lowest BCUT2D eigenvalue weighted by molar-refractivity contribution is 0.0341. The Balaban J connectivity index is 1.50. The summed E-state index contributed by atoms with van der Waals surface area (Å²) in [7, 11) is 0. The molecule has 1 amide bonds. The zero-order valence-electron chi connectivity index (χ0n) is 14.3. The summed E-state index contributed by atoms with van der Waals surface area (Å²) >= 11 is 0. The topological polar surface area (TPSA) is 49.6 Å². The Morgan fingerprint density at radius 3 is 2.00 bits per heavy atom. The quantitative estimate of drug-likeness (QED) is 0.928. The number of carbonyl (C=O) groups excluding carboxylic acids is 1. The maximum absolute atomic E-state index is 11.1. The molecule has 0 radical (unpaired) electrons. The van der Waals surface area contributed by atoms with Gasteiger partial charge in [0.2, 0.25) is 5.91 Å². The number of likely N-dealkylation sites (tertiary alicyclic amines) is 2. The van der Waals surface area contributed by atoms with Gasteiger partial charge in [0.05, 0.1) is 0 Å². The van der Waals surface area contributed by atoms with E-state index in [9.17, 15) is 4.79 Å². The molecule has 0 bridgehead atoms. The Kier molecular flexibility index (Phi) is 5.02. The summed E-state index contributed by atoms with van der Waals surface area (Å²) in [5.41, 5.74) is 7.77. The van der Waals surface area contributed by atoms with Crippen LogP contribution in [0.4, 0.5) is 0 Å². The lowest BCUT2D eigenvalue weighted by Gasteiger charge is -2.46. The van der Waals surface area contributed by atoms with Gasteiger partial charge in [0.1, 0.15) is 0 Å². The van der Waals surface area contributed by atoms with Crippen LogP contribution in [0, 0.1) is 5.41 Å². The number of carbonyl (C=O) groups is 1. The molecule has 1 spiro atoms. The summed E-state index contributed by atoms with van der Waals surface area (Å²) in [6, 6.07) is 7.74. The van der Waals surface area contributed by atoms with Crippen LogP contribution in [0.5, 0.6) is 0 Å². The molecule has 4 nitrogen and oxygen atoms in total. The molecular formula is C19H29N3O. The Morgan fingerprint density at radius 1 is 1.00 bits per heavy atom. The Bertz CT molecular complexity index is 522. The second-order valence-electron chi connectivity index (χ2n) is 7.27. The van der Waals surface area contributed by atoms with Gasteiger partial charge in [0, 0.05) is 12.1 Å². The van der Waals surface area contributed by atoms with E-state index in [1.807, 2.05) is 24.3 Å². The van der Waals surface area contributed by atoms with Crippen LogP contribution in [-0.4, -0.2) is 48.4 Å². The highest BCUT2D eigenvalue weighted by Crippen LogP contribution is 2.41. The van der Waals surface area contributed by atoms with E-state index in [1.165, 1.54) is 64.0 Å². The van der Waals surface area contributed by atoms with Crippen LogP contribution >= 0.6 is 0 Å². The summed E-state index contributed by atoms with van der Waals surface area (Å²) in [5.74, 6) is -0.352. The minimum atomic E-state index is -0.352. The van der Waals surface area contributed by atoms with Crippen LogP contribution in [0.3, 0.4) is 0 Å². The molecule has 1 aromatic rings. The van der Waals surface area contributed by atoms with E-state index in [1.54, 1.807) is 0 Å². The first kappa shape index (κ1) is 16.5. The number of rotatable bonds is 4. The fraction of sp³-hybridized carbons (Fsp3) is 0.632. The zero-order valence-corrected chi connectivity index (χ0v) is 14.3. The van der Waals surface area contributed by atoms with Gasteiger partial charge in [0.15, 0.2) is 0 Å². The van der Waals surface area contributed by atoms with Crippen molar-refractivity contribution < 1.29 is 4.79 Å². The number of primary amides is 1. The Hall–Kier alpha value is -1.39. The molecule has 3 rings (SSSR count). The second kappa shape index (κ2) is 7.02. The fourth-order valence-electron chi connectivity index (χ4n) is 4.06. The van der Waals surface area contributed by atoms with Gasteiger partial charge in [-0.3, -0.25) is 9.69 Å². The molecule has 2 saturated heterocycles. The van der Waals surface area contributed by atoms with Gasteiger partial charge in [-0.05, 0) is 81.5 Å². The van der Waals surface area contributed by atoms with E-state index < -0.39 is 0 Å². The van der Waals surface area contributed by atoms with Gasteiger partial charge in [-0.15, -0.1) is 0 Å². The van der Waals surface area contributed by atoms with E-state index in [2.05, 4.69) is 16.7 Å². The molecule has 0 saturated carbocycles. The molecule has 1 aromatic carbocycles. The first-order valence-electron chi connectivity index (χ1n) is 8.94. The van der Waals surface area contributed by atoms with Crippen molar-refractivity contribution in [2.45, 2.75) is 39.2 Å². The number of piperidine rings is 2. The predicted octanol–water partition coefficient (Wildman–Crippen LogP) is 2.48. The van der Waals surface area contributed by atoms with Crippen LogP contribution < -0.4 is 5.73 Å². The third kappa shape index (κ3) is 3.93. The van der Waals surface area contributed by atoms with Crippen molar-refractivity contribution in [3.8, 4) is 0 Å². The molecule has 0 unspecified atom stereocenters. The van der Waals surface area contributed by atoms with Crippen molar-refractivity contribution in [2.24, 2.45) is 11.1 Å². The Labute approximate surface area is 139 Å². The lowest BCUT2D eigenvalue weighted by Crippen LogP contribution is -2.46. The van der Waals surface area contributed by atoms with Crippen molar-refractivity contribution in [2.75, 3.05) is 32.7 Å². The van der Waals surface area contributed by atoms with Gasteiger partial charge in [0.25, 0.3) is 0 Å². The summed E-state index contributed by atoms with van der Waals surface area (Å²) in [5, 5.41) is 0. The van der Waals surface area contributed by atoms with E-state index in [0.29, 0.717) is 11.0 Å². The van der Waals surface area contributed by atoms with Gasteiger partial charge in [-0.1, -0.05) is 19.1 Å². The highest BCUT2D eigenvalue weighted by Gasteiger charge is 2.36. The number of nitrogens with two attached hydrogens (primary N) is 1.